The van der Waals surface area contributed by atoms with E-state index in [2.05, 4.69) is 59.3 Å². The number of methoxy groups -OCH3 is 1. The molecular formula is C32H41N5O3. The van der Waals surface area contributed by atoms with Crippen LogP contribution in [0.15, 0.2) is 61.2 Å². The van der Waals surface area contributed by atoms with Gasteiger partial charge in [0.25, 0.3) is 0 Å². The number of ether oxygens (including phenoxy) is 2. The van der Waals surface area contributed by atoms with Crippen molar-refractivity contribution in [3.63, 3.8) is 0 Å². The van der Waals surface area contributed by atoms with Crippen LogP contribution < -0.4 is 25.0 Å². The number of carbonyl (C=O) groups is 1. The van der Waals surface area contributed by atoms with E-state index < -0.39 is 0 Å². The molecule has 1 amide bonds. The van der Waals surface area contributed by atoms with Crippen LogP contribution in [0, 0.1) is 6.92 Å². The second-order valence-corrected chi connectivity index (χ2v) is 10.4. The smallest absolute Gasteiger partial charge is 0.247 e. The highest BCUT2D eigenvalue weighted by Crippen LogP contribution is 2.36. The third-order valence-electron chi connectivity index (χ3n) is 7.00. The zero-order chi connectivity index (χ0) is 28.5. The van der Waals surface area contributed by atoms with Crippen molar-refractivity contribution in [2.75, 3.05) is 56.4 Å². The summed E-state index contributed by atoms with van der Waals surface area (Å²) >= 11 is 0. The van der Waals surface area contributed by atoms with E-state index in [-0.39, 0.29) is 5.91 Å². The summed E-state index contributed by atoms with van der Waals surface area (Å²) in [5.74, 6) is 2.26. The van der Waals surface area contributed by atoms with Gasteiger partial charge in [-0.05, 0) is 107 Å². The average molecular weight is 544 g/mol. The van der Waals surface area contributed by atoms with Gasteiger partial charge in [-0.15, -0.1) is 0 Å². The zero-order valence-electron chi connectivity index (χ0n) is 24.1. The van der Waals surface area contributed by atoms with Crippen LogP contribution in [0.1, 0.15) is 36.8 Å². The maximum atomic E-state index is 11.9. The minimum Gasteiger partial charge on any atom is -0.495 e. The second kappa shape index (κ2) is 13.8. The van der Waals surface area contributed by atoms with Crippen molar-refractivity contribution in [1.82, 2.24) is 9.88 Å². The Morgan fingerprint density at radius 3 is 2.60 bits per heavy atom. The van der Waals surface area contributed by atoms with E-state index in [0.29, 0.717) is 23.1 Å². The summed E-state index contributed by atoms with van der Waals surface area (Å²) in [5.41, 5.74) is 4.63. The van der Waals surface area contributed by atoms with E-state index >= 15 is 0 Å². The first-order chi connectivity index (χ1) is 19.4. The Bertz CT molecular complexity index is 1320. The van der Waals surface area contributed by atoms with Gasteiger partial charge in [0.1, 0.15) is 23.0 Å². The summed E-state index contributed by atoms with van der Waals surface area (Å²) in [6.07, 6.45) is 6.83. The Hall–Kier alpha value is -4.04. The molecular weight excluding hydrogens is 502 g/mol. The minimum absolute atomic E-state index is 0.267. The lowest BCUT2D eigenvalue weighted by Crippen LogP contribution is -2.29. The molecule has 1 aliphatic heterocycles. The standard InChI is InChI=1S/C32H41N5O3/c1-6-31(38)34-27-22-25(14-12-23(27)2)40-32-28(37-19-8-7-9-20-37)16-17-30(35-32)33-26-15-13-24(21-29(26)39-5)11-10-18-36(3)4/h6,12-17,21-22H,1,7-11,18-20H2,2-5H3,(H,33,35)(H,34,38). The summed E-state index contributed by atoms with van der Waals surface area (Å²) in [4.78, 5) is 21.3. The molecule has 0 aliphatic carbocycles. The molecule has 2 N–H and O–H groups in total. The monoisotopic (exact) mass is 543 g/mol. The molecule has 8 heteroatoms. The highest BCUT2D eigenvalue weighted by atomic mass is 16.5. The van der Waals surface area contributed by atoms with Gasteiger partial charge in [0.05, 0.1) is 12.8 Å². The molecule has 1 fully saturated rings. The first kappa shape index (κ1) is 29.0. The molecule has 1 aromatic heterocycles. The Balaban J connectivity index is 1.60. The molecule has 1 saturated heterocycles. The Labute approximate surface area is 238 Å². The highest BCUT2D eigenvalue weighted by Gasteiger charge is 2.19. The zero-order valence-corrected chi connectivity index (χ0v) is 24.1. The van der Waals surface area contributed by atoms with Crippen LogP contribution in [0.3, 0.4) is 0 Å². The lowest BCUT2D eigenvalue weighted by atomic mass is 10.1. The molecule has 212 valence electrons. The molecule has 0 spiro atoms. The lowest BCUT2D eigenvalue weighted by molar-refractivity contribution is -0.111. The molecule has 8 nitrogen and oxygen atoms in total. The van der Waals surface area contributed by atoms with E-state index in [0.717, 1.165) is 68.0 Å². The maximum Gasteiger partial charge on any atom is 0.247 e. The number of amides is 1. The van der Waals surface area contributed by atoms with Crippen molar-refractivity contribution in [3.05, 3.63) is 72.3 Å². The van der Waals surface area contributed by atoms with E-state index in [9.17, 15) is 4.79 Å². The number of rotatable bonds is 12. The van der Waals surface area contributed by atoms with Gasteiger partial charge in [-0.3, -0.25) is 4.79 Å². The molecule has 0 atom stereocenters. The quantitative estimate of drug-likeness (QED) is 0.251. The summed E-state index contributed by atoms with van der Waals surface area (Å²) in [5, 5.41) is 6.27. The van der Waals surface area contributed by atoms with Crippen LogP contribution in [0.4, 0.5) is 22.9 Å². The van der Waals surface area contributed by atoms with Crippen LogP contribution >= 0.6 is 0 Å². The Kier molecular flexibility index (Phi) is 10.0. The van der Waals surface area contributed by atoms with Gasteiger partial charge in [-0.1, -0.05) is 18.7 Å². The third-order valence-corrected chi connectivity index (χ3v) is 7.00. The van der Waals surface area contributed by atoms with Crippen molar-refractivity contribution < 1.29 is 14.3 Å². The second-order valence-electron chi connectivity index (χ2n) is 10.4. The van der Waals surface area contributed by atoms with Crippen LogP contribution in [-0.2, 0) is 11.2 Å². The molecule has 0 unspecified atom stereocenters. The number of hydrogen-bond donors (Lipinski definition) is 2. The number of nitrogens with zero attached hydrogens (tertiary/aromatic N) is 3. The summed E-state index contributed by atoms with van der Waals surface area (Å²) in [7, 11) is 5.87. The van der Waals surface area contributed by atoms with E-state index in [1.165, 1.54) is 18.1 Å². The highest BCUT2D eigenvalue weighted by molar-refractivity contribution is 5.99. The number of aryl methyl sites for hydroxylation is 2. The number of pyridine rings is 1. The molecule has 1 aliphatic rings. The molecule has 4 rings (SSSR count). The molecule has 0 radical (unpaired) electrons. The van der Waals surface area contributed by atoms with E-state index in [1.54, 1.807) is 7.11 Å². The summed E-state index contributed by atoms with van der Waals surface area (Å²) in [6, 6.07) is 15.9. The number of piperidine rings is 1. The normalized spacial score (nSPS) is 13.2. The van der Waals surface area contributed by atoms with Gasteiger partial charge in [0.15, 0.2) is 0 Å². The fourth-order valence-corrected chi connectivity index (χ4v) is 4.78. The predicted molar refractivity (Wildman–Crippen MR) is 164 cm³/mol. The van der Waals surface area contributed by atoms with Crippen LogP contribution in [0.5, 0.6) is 17.4 Å². The van der Waals surface area contributed by atoms with Gasteiger partial charge >= 0.3 is 0 Å². The largest absolute Gasteiger partial charge is 0.495 e. The molecule has 3 aromatic rings. The first-order valence-corrected chi connectivity index (χ1v) is 13.9. The van der Waals surface area contributed by atoms with Crippen molar-refractivity contribution in [2.24, 2.45) is 0 Å². The summed E-state index contributed by atoms with van der Waals surface area (Å²) in [6.45, 7) is 8.44. The number of anilines is 4. The van der Waals surface area contributed by atoms with Crippen molar-refractivity contribution in [2.45, 2.75) is 39.0 Å². The van der Waals surface area contributed by atoms with Crippen LogP contribution in [0.2, 0.25) is 0 Å². The van der Waals surface area contributed by atoms with Crippen LogP contribution in [0.25, 0.3) is 0 Å². The fraction of sp³-hybridized carbons (Fsp3) is 0.375. The number of aromatic nitrogens is 1. The lowest BCUT2D eigenvalue weighted by Gasteiger charge is -2.30. The SMILES string of the molecule is C=CC(=O)Nc1cc(Oc2nc(Nc3ccc(CCCN(C)C)cc3OC)ccc2N2CCCCC2)ccc1C. The van der Waals surface area contributed by atoms with Crippen molar-refractivity contribution >= 4 is 28.8 Å². The van der Waals surface area contributed by atoms with Gasteiger partial charge in [0.2, 0.25) is 11.8 Å². The maximum absolute atomic E-state index is 11.9. The molecule has 0 saturated carbocycles. The van der Waals surface area contributed by atoms with Gasteiger partial charge in [-0.25, -0.2) is 0 Å². The van der Waals surface area contributed by atoms with Gasteiger partial charge in [-0.2, -0.15) is 4.98 Å². The number of benzene rings is 2. The molecule has 2 heterocycles. The van der Waals surface area contributed by atoms with Crippen LogP contribution in [-0.4, -0.2) is 56.6 Å². The summed E-state index contributed by atoms with van der Waals surface area (Å²) < 4.78 is 12.1. The minimum atomic E-state index is -0.267. The number of hydrogen-bond acceptors (Lipinski definition) is 7. The van der Waals surface area contributed by atoms with Gasteiger partial charge in [0, 0.05) is 24.8 Å². The molecule has 40 heavy (non-hydrogen) atoms. The Morgan fingerprint density at radius 2 is 1.88 bits per heavy atom. The average Bonchev–Trinajstić information content (AvgIpc) is 2.96. The van der Waals surface area contributed by atoms with Crippen molar-refractivity contribution in [1.29, 1.82) is 0 Å². The van der Waals surface area contributed by atoms with Gasteiger partial charge < -0.3 is 29.9 Å². The molecule has 2 aromatic carbocycles. The topological polar surface area (TPSA) is 79.0 Å². The van der Waals surface area contributed by atoms with Crippen molar-refractivity contribution in [3.8, 4) is 17.4 Å². The predicted octanol–water partition coefficient (Wildman–Crippen LogP) is 6.54. The Morgan fingerprint density at radius 1 is 1.07 bits per heavy atom. The number of nitrogens with one attached hydrogen (secondary N) is 2. The first-order valence-electron chi connectivity index (χ1n) is 13.9. The fourth-order valence-electron chi connectivity index (χ4n) is 4.78. The molecule has 0 bridgehead atoms. The third kappa shape index (κ3) is 7.76. The van der Waals surface area contributed by atoms with E-state index in [1.807, 2.05) is 37.3 Å². The van der Waals surface area contributed by atoms with E-state index in [4.69, 9.17) is 14.5 Å². The number of carbonyl (C=O) groups excluding carboxylic acids is 1.